The van der Waals surface area contributed by atoms with Crippen LogP contribution in [0, 0.1) is 0 Å². The molecule has 27 heavy (non-hydrogen) atoms. The Morgan fingerprint density at radius 2 is 1.89 bits per heavy atom. The minimum absolute atomic E-state index is 0.135. The zero-order valence-electron chi connectivity index (χ0n) is 15.8. The number of hydrogen-bond donors (Lipinski definition) is 2. The Morgan fingerprint density at radius 1 is 1.22 bits per heavy atom. The van der Waals surface area contributed by atoms with Gasteiger partial charge in [0, 0.05) is 19.2 Å². The molecule has 1 aromatic rings. The number of carbonyl (C=O) groups excluding carboxylic acids is 2. The molecule has 1 amide bonds. The van der Waals surface area contributed by atoms with Crippen LogP contribution in [-0.4, -0.2) is 31.6 Å². The molecular formula is C19H26N2O5S. The number of rotatable bonds is 7. The Balaban J connectivity index is 2.12. The van der Waals surface area contributed by atoms with E-state index in [1.165, 1.54) is 6.92 Å². The van der Waals surface area contributed by atoms with Crippen LogP contribution in [0.4, 0.5) is 5.69 Å². The molecule has 8 heteroatoms. The van der Waals surface area contributed by atoms with Crippen LogP contribution in [-0.2, 0) is 30.9 Å². The fourth-order valence-electron chi connectivity index (χ4n) is 2.82. The van der Waals surface area contributed by atoms with Gasteiger partial charge in [0.1, 0.15) is 5.25 Å². The molecule has 0 aliphatic heterocycles. The van der Waals surface area contributed by atoms with Crippen LogP contribution >= 0.6 is 0 Å². The SMILES string of the molecule is CC(=O)NCc1ccc(NS(=O)(=O)C2CCCC=C2C(=O)OC(C)C)cc1. The number of ether oxygens (including phenoxy) is 1. The van der Waals surface area contributed by atoms with Gasteiger partial charge in [0.15, 0.2) is 0 Å². The smallest absolute Gasteiger partial charge is 0.335 e. The van der Waals surface area contributed by atoms with E-state index in [1.54, 1.807) is 44.2 Å². The fourth-order valence-corrected chi connectivity index (χ4v) is 4.43. The first-order valence-corrected chi connectivity index (χ1v) is 10.5. The summed E-state index contributed by atoms with van der Waals surface area (Å²) in [5.74, 6) is -0.713. The number of carbonyl (C=O) groups is 2. The van der Waals surface area contributed by atoms with Crippen LogP contribution in [0.1, 0.15) is 45.6 Å². The predicted molar refractivity (Wildman–Crippen MR) is 103 cm³/mol. The van der Waals surface area contributed by atoms with Crippen LogP contribution in [0.2, 0.25) is 0 Å². The monoisotopic (exact) mass is 394 g/mol. The number of nitrogens with one attached hydrogen (secondary N) is 2. The van der Waals surface area contributed by atoms with E-state index in [4.69, 9.17) is 4.74 Å². The summed E-state index contributed by atoms with van der Waals surface area (Å²) in [6.07, 6.45) is 3.07. The third kappa shape index (κ3) is 6.09. The van der Waals surface area contributed by atoms with Crippen molar-refractivity contribution in [1.29, 1.82) is 0 Å². The maximum absolute atomic E-state index is 12.8. The molecule has 0 saturated carbocycles. The van der Waals surface area contributed by atoms with Crippen molar-refractivity contribution in [1.82, 2.24) is 5.32 Å². The van der Waals surface area contributed by atoms with E-state index in [0.717, 1.165) is 5.56 Å². The molecule has 0 heterocycles. The van der Waals surface area contributed by atoms with E-state index < -0.39 is 21.2 Å². The molecule has 1 aromatic carbocycles. The van der Waals surface area contributed by atoms with Gasteiger partial charge in [-0.3, -0.25) is 9.52 Å². The largest absolute Gasteiger partial charge is 0.460 e. The van der Waals surface area contributed by atoms with Gasteiger partial charge in [0.25, 0.3) is 0 Å². The zero-order chi connectivity index (χ0) is 20.0. The highest BCUT2D eigenvalue weighted by atomic mass is 32.2. The highest BCUT2D eigenvalue weighted by molar-refractivity contribution is 7.93. The van der Waals surface area contributed by atoms with Gasteiger partial charge in [-0.25, -0.2) is 13.2 Å². The van der Waals surface area contributed by atoms with E-state index in [-0.39, 0.29) is 17.6 Å². The fraction of sp³-hybridized carbons (Fsp3) is 0.474. The summed E-state index contributed by atoms with van der Waals surface area (Å²) < 4.78 is 33.4. The number of hydrogen-bond acceptors (Lipinski definition) is 5. The molecule has 148 valence electrons. The second-order valence-corrected chi connectivity index (χ2v) is 8.65. The molecule has 1 aliphatic carbocycles. The molecule has 2 rings (SSSR count). The summed E-state index contributed by atoms with van der Waals surface area (Å²) in [5, 5.41) is 1.74. The van der Waals surface area contributed by atoms with Crippen molar-refractivity contribution in [3.8, 4) is 0 Å². The molecule has 0 radical (unpaired) electrons. The zero-order valence-corrected chi connectivity index (χ0v) is 16.6. The Morgan fingerprint density at radius 3 is 2.48 bits per heavy atom. The highest BCUT2D eigenvalue weighted by Gasteiger charge is 2.35. The van der Waals surface area contributed by atoms with Gasteiger partial charge in [-0.15, -0.1) is 0 Å². The minimum Gasteiger partial charge on any atom is -0.460 e. The molecule has 0 aromatic heterocycles. The Hall–Kier alpha value is -2.35. The molecule has 1 unspecified atom stereocenters. The first-order chi connectivity index (χ1) is 12.7. The molecule has 0 saturated heterocycles. The second-order valence-electron chi connectivity index (χ2n) is 6.79. The topological polar surface area (TPSA) is 102 Å². The standard InChI is InChI=1S/C19H26N2O5S/c1-13(2)26-19(23)17-6-4-5-7-18(17)27(24,25)21-16-10-8-15(9-11-16)12-20-14(3)22/h6,8-11,13,18,21H,4-5,7,12H2,1-3H3,(H,20,22). The maximum atomic E-state index is 12.8. The van der Waals surface area contributed by atoms with E-state index in [2.05, 4.69) is 10.0 Å². The molecule has 0 fully saturated rings. The van der Waals surface area contributed by atoms with E-state index in [9.17, 15) is 18.0 Å². The van der Waals surface area contributed by atoms with Gasteiger partial charge in [-0.1, -0.05) is 18.2 Å². The van der Waals surface area contributed by atoms with Gasteiger partial charge in [-0.2, -0.15) is 0 Å². The summed E-state index contributed by atoms with van der Waals surface area (Å²) in [7, 11) is -3.79. The summed E-state index contributed by atoms with van der Waals surface area (Å²) in [4.78, 5) is 23.2. The average molecular weight is 394 g/mol. The summed E-state index contributed by atoms with van der Waals surface area (Å²) in [6.45, 7) is 5.26. The lowest BCUT2D eigenvalue weighted by atomic mass is 9.99. The third-order valence-corrected chi connectivity index (χ3v) is 5.85. The Kier molecular flexibility index (Phi) is 7.01. The highest BCUT2D eigenvalue weighted by Crippen LogP contribution is 2.27. The number of amides is 1. The number of sulfonamides is 1. The molecule has 1 atom stereocenters. The van der Waals surface area contributed by atoms with Crippen LogP contribution in [0.3, 0.4) is 0 Å². The van der Waals surface area contributed by atoms with Crippen molar-refractivity contribution in [2.45, 2.75) is 57.9 Å². The van der Waals surface area contributed by atoms with Gasteiger partial charge in [-0.05, 0) is 50.8 Å². The van der Waals surface area contributed by atoms with Crippen molar-refractivity contribution in [3.05, 3.63) is 41.5 Å². The van der Waals surface area contributed by atoms with E-state index in [1.807, 2.05) is 0 Å². The number of allylic oxidation sites excluding steroid dienone is 1. The van der Waals surface area contributed by atoms with Crippen LogP contribution in [0.5, 0.6) is 0 Å². The average Bonchev–Trinajstić information content (AvgIpc) is 2.60. The molecule has 1 aliphatic rings. The van der Waals surface area contributed by atoms with Crippen molar-refractivity contribution in [2.75, 3.05) is 4.72 Å². The third-order valence-electron chi connectivity index (χ3n) is 4.09. The molecule has 0 spiro atoms. The first kappa shape index (κ1) is 21.0. The first-order valence-electron chi connectivity index (χ1n) is 8.95. The normalized spacial score (nSPS) is 17.2. The molecular weight excluding hydrogens is 368 g/mol. The lowest BCUT2D eigenvalue weighted by molar-refractivity contribution is -0.142. The maximum Gasteiger partial charge on any atom is 0.335 e. The molecule has 2 N–H and O–H groups in total. The van der Waals surface area contributed by atoms with Crippen LogP contribution < -0.4 is 10.0 Å². The summed E-state index contributed by atoms with van der Waals surface area (Å²) >= 11 is 0. The summed E-state index contributed by atoms with van der Waals surface area (Å²) in [5.41, 5.74) is 1.46. The van der Waals surface area contributed by atoms with Crippen LogP contribution in [0.25, 0.3) is 0 Å². The number of anilines is 1. The molecule has 0 bridgehead atoms. The lowest BCUT2D eigenvalue weighted by Crippen LogP contribution is -2.35. The second kappa shape index (κ2) is 9.03. The minimum atomic E-state index is -3.79. The summed E-state index contributed by atoms with van der Waals surface area (Å²) in [6, 6.07) is 6.73. The van der Waals surface area contributed by atoms with Gasteiger partial charge in [0.05, 0.1) is 11.7 Å². The predicted octanol–water partition coefficient (Wildman–Crippen LogP) is 2.49. The molecule has 7 nitrogen and oxygen atoms in total. The van der Waals surface area contributed by atoms with Crippen molar-refractivity contribution < 1.29 is 22.7 Å². The number of esters is 1. The quantitative estimate of drug-likeness (QED) is 0.692. The van der Waals surface area contributed by atoms with Gasteiger partial charge >= 0.3 is 5.97 Å². The Labute approximate surface area is 160 Å². The van der Waals surface area contributed by atoms with Crippen molar-refractivity contribution >= 4 is 27.6 Å². The van der Waals surface area contributed by atoms with Gasteiger partial charge < -0.3 is 10.1 Å². The van der Waals surface area contributed by atoms with E-state index >= 15 is 0 Å². The van der Waals surface area contributed by atoms with Crippen LogP contribution in [0.15, 0.2) is 35.9 Å². The van der Waals surface area contributed by atoms with Crippen molar-refractivity contribution in [2.24, 2.45) is 0 Å². The lowest BCUT2D eigenvalue weighted by Gasteiger charge is -2.24. The number of benzene rings is 1. The van der Waals surface area contributed by atoms with E-state index in [0.29, 0.717) is 31.5 Å². The Bertz CT molecular complexity index is 813. The van der Waals surface area contributed by atoms with Gasteiger partial charge in [0.2, 0.25) is 15.9 Å². The van der Waals surface area contributed by atoms with Crippen molar-refractivity contribution in [3.63, 3.8) is 0 Å².